The van der Waals surface area contributed by atoms with E-state index in [2.05, 4.69) is 23.3 Å². The molecule has 0 fully saturated rings. The van der Waals surface area contributed by atoms with Crippen LogP contribution in [0.25, 0.3) is 0 Å². The van der Waals surface area contributed by atoms with Crippen molar-refractivity contribution in [1.29, 1.82) is 0 Å². The van der Waals surface area contributed by atoms with Crippen LogP contribution < -0.4 is 5.32 Å². The maximum absolute atomic E-state index is 11.2. The van der Waals surface area contributed by atoms with Crippen molar-refractivity contribution >= 4 is 9.84 Å². The lowest BCUT2D eigenvalue weighted by atomic mass is 10.0. The summed E-state index contributed by atoms with van der Waals surface area (Å²) in [5.74, 6) is 0.243. The van der Waals surface area contributed by atoms with E-state index in [1.165, 1.54) is 11.8 Å². The van der Waals surface area contributed by atoms with Gasteiger partial charge in [-0.15, -0.1) is 0 Å². The van der Waals surface area contributed by atoms with E-state index < -0.39 is 9.84 Å². The van der Waals surface area contributed by atoms with Gasteiger partial charge >= 0.3 is 0 Å². The number of nitrogens with zero attached hydrogens (tertiary/aromatic N) is 1. The molecule has 0 saturated heterocycles. The van der Waals surface area contributed by atoms with Gasteiger partial charge < -0.3 is 5.32 Å². The van der Waals surface area contributed by atoms with Crippen molar-refractivity contribution in [2.45, 2.75) is 39.7 Å². The fourth-order valence-electron chi connectivity index (χ4n) is 2.23. The van der Waals surface area contributed by atoms with Gasteiger partial charge in [-0.05, 0) is 44.9 Å². The van der Waals surface area contributed by atoms with Gasteiger partial charge in [-0.25, -0.2) is 8.42 Å². The second-order valence-corrected chi connectivity index (χ2v) is 7.27. The fraction of sp³-hybridized carbons (Fsp3) is 0.643. The molecular weight excluding hydrogens is 260 g/mol. The predicted octanol–water partition coefficient (Wildman–Crippen LogP) is 2.17. The maximum atomic E-state index is 11.2. The van der Waals surface area contributed by atoms with Crippen LogP contribution in [0.15, 0.2) is 12.1 Å². The van der Waals surface area contributed by atoms with E-state index in [1.54, 1.807) is 0 Å². The summed E-state index contributed by atoms with van der Waals surface area (Å²) in [5, 5.41) is 3.41. The van der Waals surface area contributed by atoms with E-state index in [-0.39, 0.29) is 11.8 Å². The molecule has 0 spiro atoms. The third kappa shape index (κ3) is 5.70. The van der Waals surface area contributed by atoms with Crippen LogP contribution in [0.4, 0.5) is 0 Å². The molecule has 0 aliphatic carbocycles. The third-order valence-electron chi connectivity index (χ3n) is 3.10. The lowest BCUT2D eigenvalue weighted by Gasteiger charge is -2.20. The molecule has 0 bridgehead atoms. The molecule has 1 heterocycles. The molecule has 0 radical (unpaired) electrons. The van der Waals surface area contributed by atoms with Gasteiger partial charge in [0.2, 0.25) is 0 Å². The number of rotatable bonds is 7. The molecule has 19 heavy (non-hydrogen) atoms. The summed E-state index contributed by atoms with van der Waals surface area (Å²) < 4.78 is 22.4. The second kappa shape index (κ2) is 7.01. The Bertz CT molecular complexity index is 512. The van der Waals surface area contributed by atoms with E-state index in [1.807, 2.05) is 19.9 Å². The van der Waals surface area contributed by atoms with E-state index in [4.69, 9.17) is 0 Å². The molecule has 1 N–H and O–H groups in total. The average molecular weight is 284 g/mol. The highest BCUT2D eigenvalue weighted by Crippen LogP contribution is 2.21. The second-order valence-electron chi connectivity index (χ2n) is 5.01. The minimum atomic E-state index is -2.88. The summed E-state index contributed by atoms with van der Waals surface area (Å²) in [4.78, 5) is 4.48. The molecule has 5 heteroatoms. The summed E-state index contributed by atoms with van der Waals surface area (Å²) >= 11 is 0. The minimum absolute atomic E-state index is 0.180. The Kier molecular flexibility index (Phi) is 5.94. The van der Waals surface area contributed by atoms with Crippen LogP contribution in [0.1, 0.15) is 42.8 Å². The highest BCUT2D eigenvalue weighted by atomic mass is 32.2. The average Bonchev–Trinajstić information content (AvgIpc) is 2.26. The van der Waals surface area contributed by atoms with Crippen LogP contribution in [0.2, 0.25) is 0 Å². The zero-order valence-electron chi connectivity index (χ0n) is 12.2. The molecule has 1 aromatic rings. The standard InChI is InChI=1S/C14H24N2O2S/c1-5-15-14(7-6-10-19(4,17)18)13-9-8-11(2)16-12(13)3/h8-9,14-15H,5-7,10H2,1-4H3. The molecule has 0 aliphatic rings. The molecule has 1 rings (SSSR count). The number of hydrogen-bond acceptors (Lipinski definition) is 4. The first kappa shape index (κ1) is 16.1. The number of sulfone groups is 1. The Hall–Kier alpha value is -0.940. The van der Waals surface area contributed by atoms with E-state index >= 15 is 0 Å². The number of aromatic nitrogens is 1. The zero-order valence-corrected chi connectivity index (χ0v) is 13.0. The van der Waals surface area contributed by atoms with Crippen LogP contribution in [0.5, 0.6) is 0 Å². The van der Waals surface area contributed by atoms with Crippen LogP contribution in [0, 0.1) is 13.8 Å². The fourth-order valence-corrected chi connectivity index (χ4v) is 2.92. The summed E-state index contributed by atoms with van der Waals surface area (Å²) in [7, 11) is -2.88. The van der Waals surface area contributed by atoms with Gasteiger partial charge in [-0.1, -0.05) is 13.0 Å². The maximum Gasteiger partial charge on any atom is 0.147 e. The number of nitrogens with one attached hydrogen (secondary N) is 1. The predicted molar refractivity (Wildman–Crippen MR) is 79.1 cm³/mol. The Labute approximate surface area is 116 Å². The molecule has 0 aliphatic heterocycles. The first-order valence-corrected chi connectivity index (χ1v) is 8.74. The van der Waals surface area contributed by atoms with Gasteiger partial charge in [0.05, 0.1) is 0 Å². The van der Waals surface area contributed by atoms with Crippen molar-refractivity contribution in [2.24, 2.45) is 0 Å². The zero-order chi connectivity index (χ0) is 14.5. The molecule has 0 saturated carbocycles. The number of hydrogen-bond donors (Lipinski definition) is 1. The Morgan fingerprint density at radius 1 is 1.32 bits per heavy atom. The number of aryl methyl sites for hydroxylation is 2. The molecule has 1 aromatic heterocycles. The molecule has 1 atom stereocenters. The first-order chi connectivity index (χ1) is 8.83. The molecule has 4 nitrogen and oxygen atoms in total. The van der Waals surface area contributed by atoms with Gasteiger partial charge in [0.15, 0.2) is 0 Å². The third-order valence-corrected chi connectivity index (χ3v) is 4.13. The first-order valence-electron chi connectivity index (χ1n) is 6.68. The summed E-state index contributed by atoms with van der Waals surface area (Å²) in [6.07, 6.45) is 2.77. The molecule has 0 aromatic carbocycles. The van der Waals surface area contributed by atoms with E-state index in [0.29, 0.717) is 6.42 Å². The lowest BCUT2D eigenvalue weighted by Crippen LogP contribution is -2.23. The normalized spacial score (nSPS) is 13.5. The van der Waals surface area contributed by atoms with E-state index in [0.717, 1.165) is 24.4 Å². The van der Waals surface area contributed by atoms with E-state index in [9.17, 15) is 8.42 Å². The van der Waals surface area contributed by atoms with Crippen molar-refractivity contribution in [3.63, 3.8) is 0 Å². The minimum Gasteiger partial charge on any atom is -0.310 e. The monoisotopic (exact) mass is 284 g/mol. The van der Waals surface area contributed by atoms with Gasteiger partial charge in [-0.3, -0.25) is 4.98 Å². The van der Waals surface area contributed by atoms with Crippen molar-refractivity contribution in [3.8, 4) is 0 Å². The SMILES string of the molecule is CCNC(CCCS(C)(=O)=O)c1ccc(C)nc1C. The van der Waals surface area contributed by atoms with Crippen molar-refractivity contribution in [2.75, 3.05) is 18.6 Å². The lowest BCUT2D eigenvalue weighted by molar-refractivity contribution is 0.503. The molecule has 1 unspecified atom stereocenters. The van der Waals surface area contributed by atoms with Crippen molar-refractivity contribution in [3.05, 3.63) is 29.1 Å². The van der Waals surface area contributed by atoms with Crippen molar-refractivity contribution in [1.82, 2.24) is 10.3 Å². The molecular formula is C14H24N2O2S. The highest BCUT2D eigenvalue weighted by Gasteiger charge is 2.14. The van der Waals surface area contributed by atoms with Gasteiger partial charge in [0, 0.05) is 29.4 Å². The highest BCUT2D eigenvalue weighted by molar-refractivity contribution is 7.90. The topological polar surface area (TPSA) is 59.1 Å². The molecule has 108 valence electrons. The van der Waals surface area contributed by atoms with Gasteiger partial charge in [-0.2, -0.15) is 0 Å². The van der Waals surface area contributed by atoms with Crippen LogP contribution in [-0.4, -0.2) is 32.0 Å². The Balaban J connectivity index is 2.76. The largest absolute Gasteiger partial charge is 0.310 e. The summed E-state index contributed by atoms with van der Waals surface area (Å²) in [6.45, 7) is 6.89. The van der Waals surface area contributed by atoms with Gasteiger partial charge in [0.25, 0.3) is 0 Å². The molecule has 0 amide bonds. The van der Waals surface area contributed by atoms with Crippen LogP contribution >= 0.6 is 0 Å². The van der Waals surface area contributed by atoms with Crippen LogP contribution in [0.3, 0.4) is 0 Å². The summed E-state index contributed by atoms with van der Waals surface area (Å²) in [6, 6.07) is 4.27. The van der Waals surface area contributed by atoms with Crippen molar-refractivity contribution < 1.29 is 8.42 Å². The smallest absolute Gasteiger partial charge is 0.147 e. The summed E-state index contributed by atoms with van der Waals surface area (Å²) in [5.41, 5.74) is 3.19. The Morgan fingerprint density at radius 3 is 2.53 bits per heavy atom. The Morgan fingerprint density at radius 2 is 2.00 bits per heavy atom. The van der Waals surface area contributed by atoms with Gasteiger partial charge in [0.1, 0.15) is 9.84 Å². The number of pyridine rings is 1. The van der Waals surface area contributed by atoms with Crippen LogP contribution in [-0.2, 0) is 9.84 Å². The quantitative estimate of drug-likeness (QED) is 0.833.